The number of likely N-dealkylation sites (N-methyl/N-ethyl adjacent to an activating group) is 1. The molecule has 292 valence electrons. The maximum atomic E-state index is 12.6. The van der Waals surface area contributed by atoms with Crippen molar-refractivity contribution >= 4 is 17.9 Å². The molecule has 0 saturated heterocycles. The van der Waals surface area contributed by atoms with Gasteiger partial charge in [0.1, 0.15) is 12.6 Å². The molecular weight excluding hydrogens is 642 g/mol. The number of rotatable bonds is 34. The number of ether oxygens (including phenoxy) is 3. The normalized spacial score (nSPS) is 13.7. The molecule has 0 heterocycles. The van der Waals surface area contributed by atoms with Crippen LogP contribution in [0.25, 0.3) is 0 Å². The predicted molar refractivity (Wildman–Crippen MR) is 208 cm³/mol. The van der Waals surface area contributed by atoms with Crippen molar-refractivity contribution in [3.8, 4) is 0 Å². The summed E-state index contributed by atoms with van der Waals surface area (Å²) >= 11 is 0. The van der Waals surface area contributed by atoms with Crippen LogP contribution < -0.4 is 5.11 Å². The summed E-state index contributed by atoms with van der Waals surface area (Å²) in [5.74, 6) is -1.86. The molecule has 8 heteroatoms. The molecule has 0 aromatic rings. The van der Waals surface area contributed by atoms with Gasteiger partial charge in [0.25, 0.3) is 0 Å². The lowest BCUT2D eigenvalue weighted by molar-refractivity contribution is -0.889. The van der Waals surface area contributed by atoms with Crippen LogP contribution in [0.5, 0.6) is 0 Å². The number of carbonyl (C=O) groups is 3. The summed E-state index contributed by atoms with van der Waals surface area (Å²) in [6, 6.07) is -0.739. The Morgan fingerprint density at radius 3 is 1.71 bits per heavy atom. The van der Waals surface area contributed by atoms with Gasteiger partial charge in [-0.1, -0.05) is 120 Å². The smallest absolute Gasteiger partial charge is 0.306 e. The summed E-state index contributed by atoms with van der Waals surface area (Å²) in [5, 5.41) is 11.6. The van der Waals surface area contributed by atoms with E-state index in [2.05, 4.69) is 68.5 Å². The number of carboxylic acid groups (broad SMARTS) is 1. The number of carbonyl (C=O) groups excluding carboxylic acids is 3. The highest BCUT2D eigenvalue weighted by atomic mass is 16.6. The van der Waals surface area contributed by atoms with E-state index in [1.807, 2.05) is 6.08 Å². The van der Waals surface area contributed by atoms with Crippen molar-refractivity contribution in [3.05, 3.63) is 60.8 Å². The average molecular weight is 716 g/mol. The largest absolute Gasteiger partial charge is 0.544 e. The van der Waals surface area contributed by atoms with Crippen molar-refractivity contribution in [3.63, 3.8) is 0 Å². The molecule has 8 nitrogen and oxygen atoms in total. The highest BCUT2D eigenvalue weighted by Crippen LogP contribution is 2.11. The Hall–Kier alpha value is -2.97. The van der Waals surface area contributed by atoms with Gasteiger partial charge < -0.3 is 28.6 Å². The van der Waals surface area contributed by atoms with Gasteiger partial charge >= 0.3 is 11.9 Å². The van der Waals surface area contributed by atoms with Gasteiger partial charge in [0, 0.05) is 19.3 Å². The Balaban J connectivity index is 4.53. The molecule has 2 unspecified atom stereocenters. The van der Waals surface area contributed by atoms with Crippen molar-refractivity contribution in [2.45, 2.75) is 154 Å². The van der Waals surface area contributed by atoms with E-state index < -0.39 is 24.1 Å². The van der Waals surface area contributed by atoms with Crippen molar-refractivity contribution in [1.29, 1.82) is 0 Å². The van der Waals surface area contributed by atoms with Gasteiger partial charge in [-0.15, -0.1) is 0 Å². The van der Waals surface area contributed by atoms with Crippen LogP contribution in [-0.4, -0.2) is 75.5 Å². The Labute approximate surface area is 311 Å². The maximum Gasteiger partial charge on any atom is 0.306 e. The third-order valence-electron chi connectivity index (χ3n) is 8.40. The Morgan fingerprint density at radius 1 is 0.608 bits per heavy atom. The van der Waals surface area contributed by atoms with Crippen molar-refractivity contribution < 1.29 is 38.2 Å². The lowest BCUT2D eigenvalue weighted by Crippen LogP contribution is -2.55. The third-order valence-corrected chi connectivity index (χ3v) is 8.40. The van der Waals surface area contributed by atoms with Gasteiger partial charge in [-0.25, -0.2) is 0 Å². The molecule has 0 N–H and O–H groups in total. The van der Waals surface area contributed by atoms with Crippen LogP contribution in [-0.2, 0) is 28.6 Å². The van der Waals surface area contributed by atoms with E-state index in [1.54, 1.807) is 21.1 Å². The lowest BCUT2D eigenvalue weighted by Gasteiger charge is -2.34. The minimum absolute atomic E-state index is 0.00832. The standard InChI is InChI=1S/C43H73NO7/c1-6-8-10-12-14-16-18-20-22-23-25-27-29-31-33-41(45)50-38-39(37-49-36-35-40(43(47)48)44(3,4)5)51-42(46)34-32-30-28-26-24-21-19-17-15-13-11-9-7-2/h8,10,14,16,20-22,24,28,30,39-40H,6-7,9,11-13,15,17-19,23,25-27,29,31-38H2,1-5H3/b10-8+,16-14+,22-20+,24-21+,30-28+. The number of esters is 2. The van der Waals surface area contributed by atoms with Crippen LogP contribution in [0.1, 0.15) is 142 Å². The summed E-state index contributed by atoms with van der Waals surface area (Å²) in [6.45, 7) is 4.43. The van der Waals surface area contributed by atoms with Gasteiger partial charge in [0.15, 0.2) is 6.10 Å². The zero-order valence-corrected chi connectivity index (χ0v) is 33.0. The number of hydrogen-bond acceptors (Lipinski definition) is 7. The number of quaternary nitrogens is 1. The van der Waals surface area contributed by atoms with Crippen LogP contribution in [0, 0.1) is 0 Å². The molecule has 51 heavy (non-hydrogen) atoms. The van der Waals surface area contributed by atoms with E-state index in [0.29, 0.717) is 12.8 Å². The molecule has 0 aromatic carbocycles. The topological polar surface area (TPSA) is 102 Å². The van der Waals surface area contributed by atoms with Crippen LogP contribution >= 0.6 is 0 Å². The van der Waals surface area contributed by atoms with Gasteiger partial charge in [-0.3, -0.25) is 9.59 Å². The van der Waals surface area contributed by atoms with E-state index in [0.717, 1.165) is 64.2 Å². The summed E-state index contributed by atoms with van der Waals surface area (Å²) in [6.07, 6.45) is 39.7. The molecule has 0 aliphatic carbocycles. The fourth-order valence-electron chi connectivity index (χ4n) is 5.31. The number of allylic oxidation sites excluding steroid dienone is 10. The van der Waals surface area contributed by atoms with Crippen LogP contribution in [0.3, 0.4) is 0 Å². The molecule has 0 saturated carbocycles. The summed E-state index contributed by atoms with van der Waals surface area (Å²) in [7, 11) is 5.37. The van der Waals surface area contributed by atoms with Crippen LogP contribution in [0.15, 0.2) is 60.8 Å². The van der Waals surface area contributed by atoms with Crippen molar-refractivity contribution in [2.24, 2.45) is 0 Å². The molecule has 0 radical (unpaired) electrons. The fourth-order valence-corrected chi connectivity index (χ4v) is 5.31. The highest BCUT2D eigenvalue weighted by molar-refractivity contribution is 5.70. The Morgan fingerprint density at radius 2 is 1.14 bits per heavy atom. The fraction of sp³-hybridized carbons (Fsp3) is 0.698. The second-order valence-electron chi connectivity index (χ2n) is 14.1. The second-order valence-corrected chi connectivity index (χ2v) is 14.1. The van der Waals surface area contributed by atoms with E-state index in [4.69, 9.17) is 14.2 Å². The Kier molecular flexibility index (Phi) is 32.1. The first-order valence-corrected chi connectivity index (χ1v) is 19.8. The van der Waals surface area contributed by atoms with Gasteiger partial charge in [-0.05, 0) is 64.2 Å². The van der Waals surface area contributed by atoms with E-state index in [-0.39, 0.29) is 43.1 Å². The SMILES string of the molecule is CC/C=C/C/C=C/C/C=C/CCCCCCC(=O)OCC(COCCC(C(=O)[O-])[N+](C)(C)C)OC(=O)CC/C=C/C/C=C/CCCCCCCC. The number of carboxylic acids is 1. The first-order chi connectivity index (χ1) is 24.6. The Bertz CT molecular complexity index is 1020. The molecule has 0 amide bonds. The van der Waals surface area contributed by atoms with Crippen molar-refractivity contribution in [1.82, 2.24) is 0 Å². The molecule has 0 bridgehead atoms. The van der Waals surface area contributed by atoms with Gasteiger partial charge in [0.05, 0.1) is 40.3 Å². The lowest BCUT2D eigenvalue weighted by atomic mass is 10.1. The van der Waals surface area contributed by atoms with Gasteiger partial charge in [-0.2, -0.15) is 0 Å². The molecule has 0 rings (SSSR count). The molecule has 0 aliphatic rings. The number of nitrogens with zero attached hydrogens (tertiary/aromatic N) is 1. The molecule has 0 fully saturated rings. The second kappa shape index (κ2) is 34.1. The summed E-state index contributed by atoms with van der Waals surface area (Å²) in [4.78, 5) is 36.6. The number of aliphatic carboxylic acids is 1. The monoisotopic (exact) mass is 716 g/mol. The maximum absolute atomic E-state index is 12.6. The van der Waals surface area contributed by atoms with Gasteiger partial charge in [0.2, 0.25) is 0 Å². The average Bonchev–Trinajstić information content (AvgIpc) is 3.08. The minimum Gasteiger partial charge on any atom is -0.544 e. The molecule has 0 aromatic heterocycles. The highest BCUT2D eigenvalue weighted by Gasteiger charge is 2.25. The first kappa shape index (κ1) is 48.0. The van der Waals surface area contributed by atoms with E-state index in [1.165, 1.54) is 38.5 Å². The third kappa shape index (κ3) is 32.7. The van der Waals surface area contributed by atoms with Crippen LogP contribution in [0.2, 0.25) is 0 Å². The molecule has 2 atom stereocenters. The molecule has 0 aliphatic heterocycles. The van der Waals surface area contributed by atoms with Crippen LogP contribution in [0.4, 0.5) is 0 Å². The number of hydrogen-bond donors (Lipinski definition) is 0. The number of unbranched alkanes of at least 4 members (excludes halogenated alkanes) is 10. The summed E-state index contributed by atoms with van der Waals surface area (Å²) < 4.78 is 17.0. The zero-order chi connectivity index (χ0) is 37.8. The zero-order valence-electron chi connectivity index (χ0n) is 33.0. The van der Waals surface area contributed by atoms with Crippen molar-refractivity contribution in [2.75, 3.05) is 41.0 Å². The first-order valence-electron chi connectivity index (χ1n) is 19.8. The molecule has 0 spiro atoms. The van der Waals surface area contributed by atoms with E-state index >= 15 is 0 Å². The summed E-state index contributed by atoms with van der Waals surface area (Å²) in [5.41, 5.74) is 0. The van der Waals surface area contributed by atoms with E-state index in [9.17, 15) is 19.5 Å². The molecular formula is C43H73NO7. The quantitative estimate of drug-likeness (QED) is 0.0284. The minimum atomic E-state index is -1.14. The predicted octanol–water partition coefficient (Wildman–Crippen LogP) is 8.91.